The normalized spacial score (nSPS) is 13.5. The highest BCUT2D eigenvalue weighted by Gasteiger charge is 2.28. The van der Waals surface area contributed by atoms with Gasteiger partial charge in [0.25, 0.3) is 0 Å². The fraction of sp³-hybridized carbons (Fsp3) is 0.321. The summed E-state index contributed by atoms with van der Waals surface area (Å²) in [5.74, 6) is 1.20. The molecule has 0 unspecified atom stereocenters. The Bertz CT molecular complexity index is 1370. The Hall–Kier alpha value is -3.71. The number of hydrogen-bond acceptors (Lipinski definition) is 5. The maximum absolute atomic E-state index is 12.0. The summed E-state index contributed by atoms with van der Waals surface area (Å²) in [6.07, 6.45) is 6.67. The monoisotopic (exact) mass is 469 g/mol. The molecule has 0 bridgehead atoms. The minimum Gasteiger partial charge on any atom is -0.396 e. The van der Waals surface area contributed by atoms with Gasteiger partial charge in [-0.3, -0.25) is 9.20 Å². The van der Waals surface area contributed by atoms with Gasteiger partial charge in [-0.1, -0.05) is 44.2 Å². The van der Waals surface area contributed by atoms with Gasteiger partial charge in [0, 0.05) is 36.0 Å². The summed E-state index contributed by atoms with van der Waals surface area (Å²) in [7, 11) is 0. The molecule has 0 atom stereocenters. The zero-order chi connectivity index (χ0) is 24.5. The predicted molar refractivity (Wildman–Crippen MR) is 138 cm³/mol. The van der Waals surface area contributed by atoms with Crippen molar-refractivity contribution in [1.82, 2.24) is 14.4 Å². The SMILES string of the molecule is CC(C)CNc1nc(-c2ccc(CCO)cc2)cn2c(-c3ccc(C(N)=O)c(C4CC4)c3)cnc12. The van der Waals surface area contributed by atoms with Crippen LogP contribution in [0.5, 0.6) is 0 Å². The van der Waals surface area contributed by atoms with Crippen LogP contribution in [0.3, 0.4) is 0 Å². The van der Waals surface area contributed by atoms with E-state index < -0.39 is 0 Å². The van der Waals surface area contributed by atoms with Crippen molar-refractivity contribution in [3.05, 3.63) is 71.5 Å². The van der Waals surface area contributed by atoms with Crippen molar-refractivity contribution in [3.8, 4) is 22.5 Å². The summed E-state index contributed by atoms with van der Waals surface area (Å²) in [5.41, 5.74) is 12.9. The van der Waals surface area contributed by atoms with Gasteiger partial charge < -0.3 is 16.2 Å². The van der Waals surface area contributed by atoms with Crippen molar-refractivity contribution in [2.75, 3.05) is 18.5 Å². The molecule has 0 aliphatic heterocycles. The number of anilines is 1. The molecule has 1 amide bonds. The smallest absolute Gasteiger partial charge is 0.248 e. The van der Waals surface area contributed by atoms with Crippen LogP contribution in [-0.2, 0) is 6.42 Å². The summed E-state index contributed by atoms with van der Waals surface area (Å²) < 4.78 is 2.07. The van der Waals surface area contributed by atoms with E-state index in [4.69, 9.17) is 15.7 Å². The van der Waals surface area contributed by atoms with Gasteiger partial charge in [0.2, 0.25) is 5.91 Å². The molecule has 1 saturated carbocycles. The number of nitrogens with two attached hydrogens (primary N) is 1. The summed E-state index contributed by atoms with van der Waals surface area (Å²) in [6.45, 7) is 5.22. The zero-order valence-electron chi connectivity index (χ0n) is 20.2. The van der Waals surface area contributed by atoms with Crippen LogP contribution in [-0.4, -0.2) is 38.5 Å². The lowest BCUT2D eigenvalue weighted by Gasteiger charge is -2.13. The molecule has 7 heteroatoms. The molecule has 7 nitrogen and oxygen atoms in total. The maximum Gasteiger partial charge on any atom is 0.248 e. The molecule has 2 heterocycles. The van der Waals surface area contributed by atoms with Gasteiger partial charge in [-0.2, -0.15) is 0 Å². The lowest BCUT2D eigenvalue weighted by Crippen LogP contribution is -2.13. The van der Waals surface area contributed by atoms with Crippen LogP contribution in [0.25, 0.3) is 28.2 Å². The van der Waals surface area contributed by atoms with Crippen LogP contribution < -0.4 is 11.1 Å². The summed E-state index contributed by atoms with van der Waals surface area (Å²) in [6, 6.07) is 14.0. The van der Waals surface area contributed by atoms with E-state index in [1.807, 2.05) is 48.8 Å². The Labute approximate surface area is 205 Å². The molecule has 0 radical (unpaired) electrons. The minimum absolute atomic E-state index is 0.128. The third-order valence-corrected chi connectivity index (χ3v) is 6.45. The number of fused-ring (bicyclic) bond motifs is 1. The highest BCUT2D eigenvalue weighted by atomic mass is 16.3. The van der Waals surface area contributed by atoms with Crippen LogP contribution in [0.4, 0.5) is 5.82 Å². The number of hydrogen-bond donors (Lipinski definition) is 3. The van der Waals surface area contributed by atoms with Crippen LogP contribution in [0.1, 0.15) is 54.1 Å². The fourth-order valence-corrected chi connectivity index (χ4v) is 4.41. The number of amides is 1. The van der Waals surface area contributed by atoms with Crippen molar-refractivity contribution >= 4 is 17.4 Å². The topological polar surface area (TPSA) is 106 Å². The molecule has 2 aromatic carbocycles. The molecule has 4 aromatic rings. The third-order valence-electron chi connectivity index (χ3n) is 6.45. The third kappa shape index (κ3) is 4.77. The molecule has 1 aliphatic carbocycles. The second kappa shape index (κ2) is 9.50. The second-order valence-electron chi connectivity index (χ2n) is 9.70. The minimum atomic E-state index is -0.382. The molecule has 1 aliphatic rings. The molecule has 0 spiro atoms. The molecule has 180 valence electrons. The number of imidazole rings is 1. The second-order valence-corrected chi connectivity index (χ2v) is 9.70. The quantitative estimate of drug-likeness (QED) is 0.331. The Morgan fingerprint density at radius 1 is 1.17 bits per heavy atom. The fourth-order valence-electron chi connectivity index (χ4n) is 4.41. The first-order chi connectivity index (χ1) is 16.9. The first-order valence-corrected chi connectivity index (χ1v) is 12.2. The lowest BCUT2D eigenvalue weighted by molar-refractivity contribution is 0.0999. The molecular weight excluding hydrogens is 438 g/mol. The highest BCUT2D eigenvalue weighted by Crippen LogP contribution is 2.43. The number of primary amides is 1. The summed E-state index contributed by atoms with van der Waals surface area (Å²) >= 11 is 0. The number of carbonyl (C=O) groups excluding carboxylic acids is 1. The van der Waals surface area contributed by atoms with Gasteiger partial charge in [0.1, 0.15) is 0 Å². The number of aromatic nitrogens is 3. The maximum atomic E-state index is 12.0. The Morgan fingerprint density at radius 2 is 1.91 bits per heavy atom. The predicted octanol–water partition coefficient (Wildman–Crippen LogP) is 4.64. The van der Waals surface area contributed by atoms with E-state index in [1.54, 1.807) is 0 Å². The van der Waals surface area contributed by atoms with Crippen LogP contribution >= 0.6 is 0 Å². The van der Waals surface area contributed by atoms with Gasteiger partial charge in [0.15, 0.2) is 11.5 Å². The van der Waals surface area contributed by atoms with Crippen molar-refractivity contribution in [2.24, 2.45) is 11.7 Å². The van der Waals surface area contributed by atoms with Gasteiger partial charge >= 0.3 is 0 Å². The first-order valence-electron chi connectivity index (χ1n) is 12.2. The average Bonchev–Trinajstić information content (AvgIpc) is 3.61. The van der Waals surface area contributed by atoms with E-state index in [9.17, 15) is 9.90 Å². The summed E-state index contributed by atoms with van der Waals surface area (Å²) in [5, 5.41) is 12.7. The number of aliphatic hydroxyl groups is 1. The number of aliphatic hydroxyl groups excluding tert-OH is 1. The van der Waals surface area contributed by atoms with Crippen molar-refractivity contribution in [1.29, 1.82) is 0 Å². The molecule has 5 rings (SSSR count). The Kier molecular flexibility index (Phi) is 6.26. The standard InChI is InChI=1S/C28H31N5O2/c1-17(2)14-30-27-28-31-15-25(21-9-10-22(26(29)35)23(13-21)19-7-8-19)33(28)16-24(32-27)20-5-3-18(4-6-20)11-12-34/h3-6,9-10,13,15-17,19,34H,7-8,11-12,14H2,1-2H3,(H2,29,35)(H,30,32). The highest BCUT2D eigenvalue weighted by molar-refractivity contribution is 5.95. The van der Waals surface area contributed by atoms with E-state index in [-0.39, 0.29) is 12.5 Å². The number of carbonyl (C=O) groups is 1. The lowest BCUT2D eigenvalue weighted by atomic mass is 9.98. The molecule has 4 N–H and O–H groups in total. The Balaban J connectivity index is 1.63. The Morgan fingerprint density at radius 3 is 2.57 bits per heavy atom. The van der Waals surface area contributed by atoms with E-state index in [0.717, 1.165) is 64.5 Å². The van der Waals surface area contributed by atoms with Gasteiger partial charge in [-0.05, 0) is 54.4 Å². The number of benzene rings is 2. The van der Waals surface area contributed by atoms with Gasteiger partial charge in [-0.15, -0.1) is 0 Å². The number of rotatable bonds is 9. The van der Waals surface area contributed by atoms with Crippen LogP contribution in [0, 0.1) is 5.92 Å². The molecule has 1 fully saturated rings. The van der Waals surface area contributed by atoms with Gasteiger partial charge in [-0.25, -0.2) is 9.97 Å². The molecule has 0 saturated heterocycles. The number of nitrogens with zero attached hydrogens (tertiary/aromatic N) is 3. The van der Waals surface area contributed by atoms with Crippen LogP contribution in [0.15, 0.2) is 54.9 Å². The largest absolute Gasteiger partial charge is 0.396 e. The van der Waals surface area contributed by atoms with Gasteiger partial charge in [0.05, 0.1) is 17.6 Å². The van der Waals surface area contributed by atoms with Crippen LogP contribution in [0.2, 0.25) is 0 Å². The first kappa shape index (κ1) is 23.1. The average molecular weight is 470 g/mol. The number of nitrogens with one attached hydrogen (secondary N) is 1. The molecular formula is C28H31N5O2. The van der Waals surface area contributed by atoms with E-state index in [2.05, 4.69) is 29.6 Å². The van der Waals surface area contributed by atoms with E-state index in [0.29, 0.717) is 23.8 Å². The molecule has 35 heavy (non-hydrogen) atoms. The van der Waals surface area contributed by atoms with Crippen molar-refractivity contribution in [2.45, 2.75) is 39.0 Å². The zero-order valence-corrected chi connectivity index (χ0v) is 20.2. The summed E-state index contributed by atoms with van der Waals surface area (Å²) in [4.78, 5) is 21.6. The van der Waals surface area contributed by atoms with E-state index in [1.165, 1.54) is 0 Å². The molecule has 2 aromatic heterocycles. The van der Waals surface area contributed by atoms with Crippen molar-refractivity contribution in [3.63, 3.8) is 0 Å². The van der Waals surface area contributed by atoms with Crippen molar-refractivity contribution < 1.29 is 9.90 Å². The van der Waals surface area contributed by atoms with E-state index >= 15 is 0 Å².